The van der Waals surface area contributed by atoms with Crippen LogP contribution >= 0.6 is 11.8 Å². The first-order valence-electron chi connectivity index (χ1n) is 5.32. The summed E-state index contributed by atoms with van der Waals surface area (Å²) in [6, 6.07) is 12.1. The Balaban J connectivity index is 2.17. The standard InChI is InChI=1S/C14H9FOS/c15-10-5-6-13-9(7-10)8-12(16)11-3-1-2-4-14(11)17-13/h1-7H,8H2. The number of hydrogen-bond acceptors (Lipinski definition) is 2. The van der Waals surface area contributed by atoms with E-state index in [9.17, 15) is 9.18 Å². The Labute approximate surface area is 103 Å². The van der Waals surface area contributed by atoms with Gasteiger partial charge in [0.05, 0.1) is 0 Å². The average Bonchev–Trinajstić information content (AvgIpc) is 2.46. The summed E-state index contributed by atoms with van der Waals surface area (Å²) in [5, 5.41) is 0. The van der Waals surface area contributed by atoms with Crippen molar-refractivity contribution in [1.82, 2.24) is 0 Å². The Kier molecular flexibility index (Phi) is 2.48. The highest BCUT2D eigenvalue weighted by Crippen LogP contribution is 2.36. The number of rotatable bonds is 0. The van der Waals surface area contributed by atoms with Crippen molar-refractivity contribution < 1.29 is 9.18 Å². The molecule has 17 heavy (non-hydrogen) atoms. The summed E-state index contributed by atoms with van der Waals surface area (Å²) < 4.78 is 13.2. The molecule has 2 aromatic carbocycles. The van der Waals surface area contributed by atoms with Gasteiger partial charge < -0.3 is 0 Å². The van der Waals surface area contributed by atoms with Gasteiger partial charge >= 0.3 is 0 Å². The minimum atomic E-state index is -0.289. The molecule has 0 fully saturated rings. The average molecular weight is 244 g/mol. The van der Waals surface area contributed by atoms with Crippen molar-refractivity contribution in [2.24, 2.45) is 0 Å². The molecular formula is C14H9FOS. The normalized spacial score (nSPS) is 13.8. The van der Waals surface area contributed by atoms with Crippen LogP contribution in [0.1, 0.15) is 15.9 Å². The van der Waals surface area contributed by atoms with Crippen LogP contribution < -0.4 is 0 Å². The van der Waals surface area contributed by atoms with Gasteiger partial charge in [-0.25, -0.2) is 4.39 Å². The zero-order valence-electron chi connectivity index (χ0n) is 8.94. The van der Waals surface area contributed by atoms with Crippen molar-refractivity contribution in [2.45, 2.75) is 16.2 Å². The summed E-state index contributed by atoms with van der Waals surface area (Å²) >= 11 is 1.53. The maximum atomic E-state index is 13.2. The third-order valence-corrected chi connectivity index (χ3v) is 3.98. The van der Waals surface area contributed by atoms with Crippen LogP contribution in [0.15, 0.2) is 52.3 Å². The largest absolute Gasteiger partial charge is 0.294 e. The smallest absolute Gasteiger partial charge is 0.168 e. The molecule has 0 radical (unpaired) electrons. The molecule has 0 atom stereocenters. The number of carbonyl (C=O) groups is 1. The van der Waals surface area contributed by atoms with E-state index in [1.165, 1.54) is 23.9 Å². The van der Waals surface area contributed by atoms with Crippen LogP contribution in [0.2, 0.25) is 0 Å². The predicted octanol–water partition coefficient (Wildman–Crippen LogP) is 3.72. The number of Topliss-reactive ketones (excluding diaryl/α,β-unsaturated/α-hetero) is 1. The Morgan fingerprint density at radius 3 is 2.76 bits per heavy atom. The summed E-state index contributed by atoms with van der Waals surface area (Å²) in [6.45, 7) is 0. The second-order valence-corrected chi connectivity index (χ2v) is 5.03. The van der Waals surface area contributed by atoms with Crippen molar-refractivity contribution in [2.75, 3.05) is 0 Å². The van der Waals surface area contributed by atoms with Crippen molar-refractivity contribution in [3.05, 3.63) is 59.4 Å². The van der Waals surface area contributed by atoms with E-state index in [2.05, 4.69) is 0 Å². The van der Waals surface area contributed by atoms with E-state index in [1.54, 1.807) is 6.07 Å². The van der Waals surface area contributed by atoms with Crippen molar-refractivity contribution in [3.63, 3.8) is 0 Å². The summed E-state index contributed by atoms with van der Waals surface area (Å²) in [5.41, 5.74) is 1.50. The maximum Gasteiger partial charge on any atom is 0.168 e. The minimum Gasteiger partial charge on any atom is -0.294 e. The molecule has 0 unspecified atom stereocenters. The zero-order chi connectivity index (χ0) is 11.8. The summed E-state index contributed by atoms with van der Waals surface area (Å²) in [5.74, 6) is -0.236. The van der Waals surface area contributed by atoms with Crippen LogP contribution in [-0.2, 0) is 6.42 Å². The lowest BCUT2D eigenvalue weighted by Crippen LogP contribution is -2.03. The van der Waals surface area contributed by atoms with E-state index in [0.29, 0.717) is 0 Å². The molecule has 3 heteroatoms. The van der Waals surface area contributed by atoms with Crippen LogP contribution in [0.4, 0.5) is 4.39 Å². The highest BCUT2D eigenvalue weighted by atomic mass is 32.2. The summed E-state index contributed by atoms with van der Waals surface area (Å²) in [7, 11) is 0. The van der Waals surface area contributed by atoms with Gasteiger partial charge in [0.25, 0.3) is 0 Å². The fourth-order valence-corrected chi connectivity index (χ4v) is 3.03. The van der Waals surface area contributed by atoms with Gasteiger partial charge in [0, 0.05) is 21.8 Å². The number of hydrogen-bond donors (Lipinski definition) is 0. The Morgan fingerprint density at radius 1 is 1.06 bits per heavy atom. The number of ketones is 1. The molecule has 2 aromatic rings. The van der Waals surface area contributed by atoms with Gasteiger partial charge in [-0.15, -0.1) is 0 Å². The van der Waals surface area contributed by atoms with Crippen molar-refractivity contribution in [3.8, 4) is 0 Å². The summed E-state index contributed by atoms with van der Waals surface area (Å²) in [4.78, 5) is 14.0. The molecule has 84 valence electrons. The first kappa shape index (κ1) is 10.5. The molecule has 1 aliphatic heterocycles. The first-order chi connectivity index (χ1) is 8.24. The lowest BCUT2D eigenvalue weighted by molar-refractivity contribution is 0.0990. The Hall–Kier alpha value is -1.61. The molecule has 0 aromatic heterocycles. The number of carbonyl (C=O) groups excluding carboxylic acids is 1. The monoisotopic (exact) mass is 244 g/mol. The predicted molar refractivity (Wildman–Crippen MR) is 65.0 cm³/mol. The molecule has 3 rings (SSSR count). The van der Waals surface area contributed by atoms with Crippen LogP contribution in [0.25, 0.3) is 0 Å². The molecule has 0 amide bonds. The SMILES string of the molecule is O=C1Cc2cc(F)ccc2Sc2ccccc21. The highest BCUT2D eigenvalue weighted by molar-refractivity contribution is 7.99. The number of halogens is 1. The molecule has 0 N–H and O–H groups in total. The van der Waals surface area contributed by atoms with E-state index in [1.807, 2.05) is 24.3 Å². The molecule has 0 saturated carbocycles. The van der Waals surface area contributed by atoms with Crippen molar-refractivity contribution in [1.29, 1.82) is 0 Å². The molecule has 1 heterocycles. The van der Waals surface area contributed by atoms with Gasteiger partial charge in [-0.2, -0.15) is 0 Å². The van der Waals surface area contributed by atoms with Crippen LogP contribution in [0, 0.1) is 5.82 Å². The van der Waals surface area contributed by atoms with Gasteiger partial charge in [-0.1, -0.05) is 30.0 Å². The topological polar surface area (TPSA) is 17.1 Å². The fourth-order valence-electron chi connectivity index (χ4n) is 1.96. The fraction of sp³-hybridized carbons (Fsp3) is 0.0714. The summed E-state index contributed by atoms with van der Waals surface area (Å²) in [6.07, 6.45) is 0.275. The van der Waals surface area contributed by atoms with Gasteiger partial charge in [-0.3, -0.25) is 4.79 Å². The van der Waals surface area contributed by atoms with E-state index in [0.717, 1.165) is 20.9 Å². The van der Waals surface area contributed by atoms with Crippen molar-refractivity contribution >= 4 is 17.5 Å². The molecule has 0 bridgehead atoms. The Bertz CT molecular complexity index is 607. The molecule has 0 saturated heterocycles. The number of fused-ring (bicyclic) bond motifs is 2. The third-order valence-electron chi connectivity index (χ3n) is 2.78. The third kappa shape index (κ3) is 1.87. The van der Waals surface area contributed by atoms with E-state index in [4.69, 9.17) is 0 Å². The van der Waals surface area contributed by atoms with E-state index >= 15 is 0 Å². The van der Waals surface area contributed by atoms with E-state index in [-0.39, 0.29) is 18.0 Å². The first-order valence-corrected chi connectivity index (χ1v) is 6.14. The quantitative estimate of drug-likeness (QED) is 0.702. The van der Waals surface area contributed by atoms with Gasteiger partial charge in [0.2, 0.25) is 0 Å². The molecule has 1 nitrogen and oxygen atoms in total. The minimum absolute atomic E-state index is 0.0532. The molecular weight excluding hydrogens is 235 g/mol. The second kappa shape index (κ2) is 4.00. The lowest BCUT2D eigenvalue weighted by Gasteiger charge is -2.04. The highest BCUT2D eigenvalue weighted by Gasteiger charge is 2.19. The zero-order valence-corrected chi connectivity index (χ0v) is 9.76. The molecule has 1 aliphatic rings. The van der Waals surface area contributed by atoms with E-state index < -0.39 is 0 Å². The lowest BCUT2D eigenvalue weighted by atomic mass is 10.0. The van der Waals surface area contributed by atoms with Gasteiger partial charge in [0.1, 0.15) is 5.82 Å². The van der Waals surface area contributed by atoms with Crippen LogP contribution in [-0.4, -0.2) is 5.78 Å². The Morgan fingerprint density at radius 2 is 1.88 bits per heavy atom. The van der Waals surface area contributed by atoms with Crippen LogP contribution in [0.5, 0.6) is 0 Å². The van der Waals surface area contributed by atoms with Gasteiger partial charge in [0.15, 0.2) is 5.78 Å². The molecule has 0 aliphatic carbocycles. The molecule has 0 spiro atoms. The second-order valence-electron chi connectivity index (χ2n) is 3.95. The number of benzene rings is 2. The van der Waals surface area contributed by atoms with Gasteiger partial charge in [-0.05, 0) is 29.8 Å². The maximum absolute atomic E-state index is 13.2. The van der Waals surface area contributed by atoms with Crippen LogP contribution in [0.3, 0.4) is 0 Å².